The van der Waals surface area contributed by atoms with Crippen LogP contribution in [-0.4, -0.2) is 53.5 Å². The summed E-state index contributed by atoms with van der Waals surface area (Å²) in [6.45, 7) is 3.17. The standard InChI is InChI=1S/C28H35N3O2/c32-25(7-6-21-4-2-1-3-5-21)30-11-8-27(9-12-30)10-13-31(20-27)26(33)29-28-17-22-14-23(18-28)16-24(15-22)19-28/h1-5,22-24H,8-20H2,(H,29,33). The molecule has 3 amide bonds. The average Bonchev–Trinajstić information content (AvgIpc) is 3.21. The van der Waals surface area contributed by atoms with Gasteiger partial charge in [0.05, 0.1) is 0 Å². The van der Waals surface area contributed by atoms with Crippen LogP contribution in [0.4, 0.5) is 4.79 Å². The Balaban J connectivity index is 1.03. The predicted octanol–water partition coefficient (Wildman–Crippen LogP) is 4.03. The Hall–Kier alpha value is -2.48. The zero-order valence-corrected chi connectivity index (χ0v) is 19.5. The normalized spacial score (nSPS) is 33.6. The molecule has 33 heavy (non-hydrogen) atoms. The van der Waals surface area contributed by atoms with Gasteiger partial charge in [-0.1, -0.05) is 24.1 Å². The topological polar surface area (TPSA) is 52.7 Å². The average molecular weight is 446 g/mol. The number of likely N-dealkylation sites (tertiary alicyclic amines) is 2. The van der Waals surface area contributed by atoms with Gasteiger partial charge in [-0.25, -0.2) is 4.79 Å². The number of urea groups is 1. The Morgan fingerprint density at radius 1 is 0.848 bits per heavy atom. The van der Waals surface area contributed by atoms with Crippen molar-refractivity contribution in [3.8, 4) is 11.8 Å². The summed E-state index contributed by atoms with van der Waals surface area (Å²) in [5.41, 5.74) is 1.12. The lowest BCUT2D eigenvalue weighted by Gasteiger charge is -2.57. The van der Waals surface area contributed by atoms with Gasteiger partial charge in [0.1, 0.15) is 0 Å². The molecule has 7 rings (SSSR count). The Kier molecular flexibility index (Phi) is 5.16. The van der Waals surface area contributed by atoms with Crippen molar-refractivity contribution in [2.45, 2.75) is 63.3 Å². The van der Waals surface area contributed by atoms with Crippen LogP contribution in [0.1, 0.15) is 63.4 Å². The summed E-state index contributed by atoms with van der Waals surface area (Å²) in [5, 5.41) is 3.55. The second kappa shape index (κ2) is 8.08. The van der Waals surface area contributed by atoms with Crippen LogP contribution in [0.2, 0.25) is 0 Å². The SMILES string of the molecule is O=C(C#Cc1ccccc1)N1CCC2(CC1)CCN(C(=O)NC13CC4CC(CC(C4)C1)C3)C2. The maximum atomic E-state index is 13.3. The molecule has 4 aliphatic carbocycles. The molecule has 0 aromatic heterocycles. The largest absolute Gasteiger partial charge is 0.333 e. The van der Waals surface area contributed by atoms with Crippen molar-refractivity contribution in [2.75, 3.05) is 26.2 Å². The van der Waals surface area contributed by atoms with Gasteiger partial charge in [-0.3, -0.25) is 4.79 Å². The van der Waals surface area contributed by atoms with E-state index in [1.165, 1.54) is 38.5 Å². The van der Waals surface area contributed by atoms with E-state index in [0.29, 0.717) is 0 Å². The van der Waals surface area contributed by atoms with Crippen LogP contribution in [0.3, 0.4) is 0 Å². The van der Waals surface area contributed by atoms with Gasteiger partial charge >= 0.3 is 6.03 Å². The molecule has 0 atom stereocenters. The van der Waals surface area contributed by atoms with E-state index in [9.17, 15) is 9.59 Å². The molecular weight excluding hydrogens is 410 g/mol. The van der Waals surface area contributed by atoms with E-state index in [1.54, 1.807) is 0 Å². The second-order valence-electron chi connectivity index (χ2n) is 11.7. The predicted molar refractivity (Wildman–Crippen MR) is 127 cm³/mol. The number of carbonyl (C=O) groups excluding carboxylic acids is 2. The molecule has 6 fully saturated rings. The highest BCUT2D eigenvalue weighted by atomic mass is 16.2. The summed E-state index contributed by atoms with van der Waals surface area (Å²) in [5.74, 6) is 8.24. The third kappa shape index (κ3) is 4.14. The van der Waals surface area contributed by atoms with E-state index in [2.05, 4.69) is 22.1 Å². The summed E-state index contributed by atoms with van der Waals surface area (Å²) in [6, 6.07) is 9.83. The molecule has 0 unspecified atom stereocenters. The lowest BCUT2D eigenvalue weighted by atomic mass is 9.53. The first-order valence-electron chi connectivity index (χ1n) is 12.9. The molecule has 6 aliphatic rings. The summed E-state index contributed by atoms with van der Waals surface area (Å²) < 4.78 is 0. The summed E-state index contributed by atoms with van der Waals surface area (Å²) in [4.78, 5) is 29.8. The van der Waals surface area contributed by atoms with Crippen LogP contribution in [0.25, 0.3) is 0 Å². The van der Waals surface area contributed by atoms with Crippen molar-refractivity contribution >= 4 is 11.9 Å². The van der Waals surface area contributed by atoms with Crippen LogP contribution >= 0.6 is 0 Å². The second-order valence-corrected chi connectivity index (χ2v) is 11.7. The summed E-state index contributed by atoms with van der Waals surface area (Å²) in [7, 11) is 0. The van der Waals surface area contributed by atoms with Gasteiger partial charge in [0, 0.05) is 43.2 Å². The fourth-order valence-corrected chi connectivity index (χ4v) is 8.00. The molecule has 1 N–H and O–H groups in total. The third-order valence-electron chi connectivity index (χ3n) is 9.33. The number of piperidine rings is 1. The van der Waals surface area contributed by atoms with Crippen LogP contribution in [0.5, 0.6) is 0 Å². The van der Waals surface area contributed by atoms with Crippen molar-refractivity contribution < 1.29 is 9.59 Å². The zero-order chi connectivity index (χ0) is 22.5. The van der Waals surface area contributed by atoms with Crippen LogP contribution < -0.4 is 5.32 Å². The Bertz CT molecular complexity index is 948. The lowest BCUT2D eigenvalue weighted by molar-refractivity contribution is -0.127. The van der Waals surface area contributed by atoms with E-state index in [0.717, 1.165) is 68.8 Å². The van der Waals surface area contributed by atoms with Gasteiger partial charge in [-0.2, -0.15) is 0 Å². The highest BCUT2D eigenvalue weighted by Crippen LogP contribution is 2.55. The fraction of sp³-hybridized carbons (Fsp3) is 0.643. The molecule has 4 bridgehead atoms. The molecule has 1 aromatic carbocycles. The van der Waals surface area contributed by atoms with Crippen molar-refractivity contribution in [3.63, 3.8) is 0 Å². The molecule has 0 radical (unpaired) electrons. The van der Waals surface area contributed by atoms with E-state index in [1.807, 2.05) is 35.2 Å². The molecule has 174 valence electrons. The first-order chi connectivity index (χ1) is 16.0. The Labute approximate surface area is 197 Å². The number of nitrogens with one attached hydrogen (secondary N) is 1. The van der Waals surface area contributed by atoms with Crippen molar-refractivity contribution in [1.29, 1.82) is 0 Å². The Morgan fingerprint density at radius 2 is 1.42 bits per heavy atom. The molecular formula is C28H35N3O2. The quantitative estimate of drug-likeness (QED) is 0.664. The van der Waals surface area contributed by atoms with Crippen LogP contribution in [0, 0.1) is 35.0 Å². The molecule has 2 heterocycles. The van der Waals surface area contributed by atoms with E-state index < -0.39 is 0 Å². The van der Waals surface area contributed by atoms with Gasteiger partial charge < -0.3 is 15.1 Å². The zero-order valence-electron chi connectivity index (χ0n) is 19.5. The highest BCUT2D eigenvalue weighted by Gasteiger charge is 2.52. The first-order valence-corrected chi connectivity index (χ1v) is 12.9. The monoisotopic (exact) mass is 445 g/mol. The number of amides is 3. The van der Waals surface area contributed by atoms with Gasteiger partial charge in [0.2, 0.25) is 0 Å². The number of benzene rings is 1. The van der Waals surface area contributed by atoms with E-state index in [-0.39, 0.29) is 22.9 Å². The van der Waals surface area contributed by atoms with Crippen LogP contribution in [-0.2, 0) is 4.79 Å². The Morgan fingerprint density at radius 3 is 2.03 bits per heavy atom. The molecule has 5 nitrogen and oxygen atoms in total. The molecule has 1 aromatic rings. The molecule has 5 heteroatoms. The molecule has 1 spiro atoms. The molecule has 2 aliphatic heterocycles. The van der Waals surface area contributed by atoms with Crippen molar-refractivity contribution in [1.82, 2.24) is 15.1 Å². The van der Waals surface area contributed by atoms with Gasteiger partial charge in [-0.15, -0.1) is 0 Å². The minimum Gasteiger partial charge on any atom is -0.333 e. The minimum atomic E-state index is -0.0804. The van der Waals surface area contributed by atoms with Crippen molar-refractivity contribution in [3.05, 3.63) is 35.9 Å². The number of nitrogens with zero attached hydrogens (tertiary/aromatic N) is 2. The number of carbonyl (C=O) groups is 2. The van der Waals surface area contributed by atoms with Crippen LogP contribution in [0.15, 0.2) is 30.3 Å². The van der Waals surface area contributed by atoms with Gasteiger partial charge in [-0.05, 0) is 93.1 Å². The number of rotatable bonds is 1. The lowest BCUT2D eigenvalue weighted by Crippen LogP contribution is -2.61. The van der Waals surface area contributed by atoms with E-state index >= 15 is 0 Å². The maximum absolute atomic E-state index is 13.3. The summed E-state index contributed by atoms with van der Waals surface area (Å²) >= 11 is 0. The smallest absolute Gasteiger partial charge is 0.317 e. The molecule has 2 saturated heterocycles. The molecule has 4 saturated carbocycles. The van der Waals surface area contributed by atoms with Crippen molar-refractivity contribution in [2.24, 2.45) is 23.2 Å². The van der Waals surface area contributed by atoms with Gasteiger partial charge in [0.25, 0.3) is 5.91 Å². The van der Waals surface area contributed by atoms with E-state index in [4.69, 9.17) is 0 Å². The minimum absolute atomic E-state index is 0.0782. The fourth-order valence-electron chi connectivity index (χ4n) is 8.00. The van der Waals surface area contributed by atoms with Gasteiger partial charge in [0.15, 0.2) is 0 Å². The summed E-state index contributed by atoms with van der Waals surface area (Å²) in [6.07, 6.45) is 10.8. The third-order valence-corrected chi connectivity index (χ3v) is 9.33. The number of hydrogen-bond acceptors (Lipinski definition) is 2. The highest BCUT2D eigenvalue weighted by molar-refractivity contribution is 5.94. The first kappa shape index (κ1) is 21.1. The number of hydrogen-bond donors (Lipinski definition) is 1. The maximum Gasteiger partial charge on any atom is 0.317 e.